The van der Waals surface area contributed by atoms with E-state index in [0.29, 0.717) is 11.5 Å². The number of benzene rings is 2. The minimum Gasteiger partial charge on any atom is -0.481 e. The lowest BCUT2D eigenvalue weighted by molar-refractivity contribution is -0.139. The molecule has 0 aliphatic heterocycles. The maximum Gasteiger partial charge on any atom is 0.341 e. The molecule has 0 aliphatic carbocycles. The zero-order valence-corrected chi connectivity index (χ0v) is 18.6. The SMILES string of the molecule is C=C(C)/C=C/Oc1ccc(/C=C/C(=O)c2ccc(O/C=C/C(=C)C)cc2OCC(=O)O)cc1. The molecule has 6 nitrogen and oxygen atoms in total. The molecule has 0 aromatic heterocycles. The van der Waals surface area contributed by atoms with Gasteiger partial charge in [0.2, 0.25) is 0 Å². The normalized spacial score (nSPS) is 11.1. The van der Waals surface area contributed by atoms with Crippen molar-refractivity contribution >= 4 is 17.8 Å². The summed E-state index contributed by atoms with van der Waals surface area (Å²) in [6.07, 6.45) is 9.47. The number of carbonyl (C=O) groups excluding carboxylic acids is 1. The maximum atomic E-state index is 12.7. The average molecular weight is 446 g/mol. The van der Waals surface area contributed by atoms with Crippen LogP contribution < -0.4 is 14.2 Å². The first-order valence-corrected chi connectivity index (χ1v) is 10.0. The van der Waals surface area contributed by atoms with Crippen molar-refractivity contribution in [3.05, 3.63) is 109 Å². The Labute approximate surface area is 193 Å². The van der Waals surface area contributed by atoms with Crippen LogP contribution in [-0.4, -0.2) is 23.5 Å². The van der Waals surface area contributed by atoms with Crippen molar-refractivity contribution in [3.63, 3.8) is 0 Å². The molecule has 0 aliphatic rings. The van der Waals surface area contributed by atoms with Gasteiger partial charge in [-0.05, 0) is 61.9 Å². The topological polar surface area (TPSA) is 82.1 Å². The second kappa shape index (κ2) is 12.5. The summed E-state index contributed by atoms with van der Waals surface area (Å²) in [5.74, 6) is -0.343. The van der Waals surface area contributed by atoms with E-state index < -0.39 is 12.6 Å². The highest BCUT2D eigenvalue weighted by Crippen LogP contribution is 2.26. The number of hydrogen-bond acceptors (Lipinski definition) is 5. The number of rotatable bonds is 12. The number of allylic oxidation sites excluding steroid dienone is 5. The Morgan fingerprint density at radius 3 is 2.03 bits per heavy atom. The minimum atomic E-state index is -1.15. The quantitative estimate of drug-likeness (QED) is 0.187. The smallest absolute Gasteiger partial charge is 0.341 e. The van der Waals surface area contributed by atoms with Crippen molar-refractivity contribution in [3.8, 4) is 17.2 Å². The van der Waals surface area contributed by atoms with Gasteiger partial charge in [0.25, 0.3) is 0 Å². The lowest BCUT2D eigenvalue weighted by atomic mass is 10.1. The summed E-state index contributed by atoms with van der Waals surface area (Å²) in [6, 6.07) is 11.8. The van der Waals surface area contributed by atoms with E-state index in [4.69, 9.17) is 19.3 Å². The monoisotopic (exact) mass is 446 g/mol. The van der Waals surface area contributed by atoms with Crippen LogP contribution in [0.5, 0.6) is 17.2 Å². The molecule has 0 fully saturated rings. The molecule has 0 unspecified atom stereocenters. The number of aliphatic carboxylic acids is 1. The summed E-state index contributed by atoms with van der Waals surface area (Å²) in [5, 5.41) is 8.94. The summed E-state index contributed by atoms with van der Waals surface area (Å²) in [4.78, 5) is 23.7. The molecule has 0 bridgehead atoms. The highest BCUT2D eigenvalue weighted by Gasteiger charge is 2.13. The van der Waals surface area contributed by atoms with Gasteiger partial charge in [-0.1, -0.05) is 42.5 Å². The second-order valence-corrected chi connectivity index (χ2v) is 7.14. The molecule has 33 heavy (non-hydrogen) atoms. The Morgan fingerprint density at radius 1 is 0.879 bits per heavy atom. The maximum absolute atomic E-state index is 12.7. The van der Waals surface area contributed by atoms with Gasteiger partial charge in [0.05, 0.1) is 18.1 Å². The minimum absolute atomic E-state index is 0.112. The van der Waals surface area contributed by atoms with Crippen LogP contribution in [-0.2, 0) is 4.79 Å². The zero-order chi connectivity index (χ0) is 24.2. The molecule has 0 heterocycles. The van der Waals surface area contributed by atoms with E-state index >= 15 is 0 Å². The van der Waals surface area contributed by atoms with Crippen LogP contribution in [0.15, 0.2) is 97.5 Å². The van der Waals surface area contributed by atoms with Crippen LogP contribution in [0.2, 0.25) is 0 Å². The summed E-state index contributed by atoms with van der Waals surface area (Å²) >= 11 is 0. The van der Waals surface area contributed by atoms with Crippen molar-refractivity contribution in [2.24, 2.45) is 0 Å². The third kappa shape index (κ3) is 9.14. The number of ketones is 1. The fourth-order valence-corrected chi connectivity index (χ4v) is 2.42. The van der Waals surface area contributed by atoms with E-state index in [-0.39, 0.29) is 17.1 Å². The molecule has 1 N–H and O–H groups in total. The van der Waals surface area contributed by atoms with E-state index in [0.717, 1.165) is 16.7 Å². The van der Waals surface area contributed by atoms with Crippen LogP contribution in [0.25, 0.3) is 6.08 Å². The number of carboxylic acids is 1. The van der Waals surface area contributed by atoms with E-state index in [9.17, 15) is 9.59 Å². The Bertz CT molecular complexity index is 1100. The van der Waals surface area contributed by atoms with Crippen LogP contribution in [0.4, 0.5) is 0 Å². The van der Waals surface area contributed by atoms with E-state index in [1.807, 2.05) is 13.8 Å². The lowest BCUT2D eigenvalue weighted by Gasteiger charge is -2.10. The van der Waals surface area contributed by atoms with Crippen molar-refractivity contribution in [2.45, 2.75) is 13.8 Å². The highest BCUT2D eigenvalue weighted by atomic mass is 16.5. The lowest BCUT2D eigenvalue weighted by Crippen LogP contribution is -2.11. The van der Waals surface area contributed by atoms with Crippen molar-refractivity contribution < 1.29 is 28.9 Å². The first-order valence-electron chi connectivity index (χ1n) is 10.0. The fraction of sp³-hybridized carbons (Fsp3) is 0.111. The largest absolute Gasteiger partial charge is 0.481 e. The molecule has 0 atom stereocenters. The fourth-order valence-electron chi connectivity index (χ4n) is 2.42. The molecule has 0 amide bonds. The third-order valence-electron chi connectivity index (χ3n) is 3.99. The molecule has 0 saturated carbocycles. The van der Waals surface area contributed by atoms with Crippen LogP contribution in [0, 0.1) is 0 Å². The average Bonchev–Trinajstić information content (AvgIpc) is 2.76. The van der Waals surface area contributed by atoms with Crippen LogP contribution >= 0.6 is 0 Å². The molecular weight excluding hydrogens is 420 g/mol. The third-order valence-corrected chi connectivity index (χ3v) is 3.99. The summed E-state index contributed by atoms with van der Waals surface area (Å²) in [5.41, 5.74) is 2.69. The Balaban J connectivity index is 2.15. The van der Waals surface area contributed by atoms with Gasteiger partial charge in [0.1, 0.15) is 17.2 Å². The molecule has 170 valence electrons. The first kappa shape index (κ1) is 24.9. The Kier molecular flexibility index (Phi) is 9.46. The van der Waals surface area contributed by atoms with Gasteiger partial charge >= 0.3 is 5.97 Å². The van der Waals surface area contributed by atoms with Crippen LogP contribution in [0.1, 0.15) is 29.8 Å². The highest BCUT2D eigenvalue weighted by molar-refractivity contribution is 6.08. The van der Waals surface area contributed by atoms with E-state index in [1.165, 1.54) is 24.5 Å². The Morgan fingerprint density at radius 2 is 1.45 bits per heavy atom. The molecule has 0 spiro atoms. The Hall–Kier alpha value is -4.32. The molecule has 0 saturated heterocycles. The number of carboxylic acid groups (broad SMARTS) is 1. The van der Waals surface area contributed by atoms with Crippen molar-refractivity contribution in [2.75, 3.05) is 6.61 Å². The van der Waals surface area contributed by atoms with Crippen LogP contribution in [0.3, 0.4) is 0 Å². The van der Waals surface area contributed by atoms with Crippen molar-refractivity contribution in [1.29, 1.82) is 0 Å². The predicted molar refractivity (Wildman–Crippen MR) is 129 cm³/mol. The first-order chi connectivity index (χ1) is 15.7. The number of carbonyl (C=O) groups is 2. The van der Waals surface area contributed by atoms with Gasteiger partial charge < -0.3 is 19.3 Å². The van der Waals surface area contributed by atoms with E-state index in [2.05, 4.69) is 13.2 Å². The van der Waals surface area contributed by atoms with Gasteiger partial charge in [0, 0.05) is 6.07 Å². The standard InChI is InChI=1S/C27H26O6/c1-19(2)13-15-31-22-8-5-21(6-9-22)7-12-25(28)24-11-10-23(32-16-14-20(3)4)17-26(24)33-18-27(29)30/h5-17H,1,3,18H2,2,4H3,(H,29,30)/b12-7+,15-13+,16-14+. The molecular formula is C27H26O6. The molecule has 2 aromatic rings. The van der Waals surface area contributed by atoms with Gasteiger partial charge in [-0.3, -0.25) is 4.79 Å². The summed E-state index contributed by atoms with van der Waals surface area (Å²) in [6.45, 7) is 10.6. The summed E-state index contributed by atoms with van der Waals surface area (Å²) in [7, 11) is 0. The van der Waals surface area contributed by atoms with Gasteiger partial charge in [-0.25, -0.2) is 4.79 Å². The van der Waals surface area contributed by atoms with Gasteiger partial charge in [-0.2, -0.15) is 0 Å². The van der Waals surface area contributed by atoms with Crippen molar-refractivity contribution in [1.82, 2.24) is 0 Å². The molecule has 2 rings (SSSR count). The number of hydrogen-bond donors (Lipinski definition) is 1. The zero-order valence-electron chi connectivity index (χ0n) is 18.6. The van der Waals surface area contributed by atoms with Gasteiger partial charge in [0.15, 0.2) is 12.4 Å². The molecule has 2 aromatic carbocycles. The molecule has 6 heteroatoms. The second-order valence-electron chi connectivity index (χ2n) is 7.14. The summed E-state index contributed by atoms with van der Waals surface area (Å²) < 4.78 is 16.2. The van der Waals surface area contributed by atoms with E-state index in [1.54, 1.807) is 54.8 Å². The molecule has 0 radical (unpaired) electrons. The van der Waals surface area contributed by atoms with Gasteiger partial charge in [-0.15, -0.1) is 0 Å². The predicted octanol–water partition coefficient (Wildman–Crippen LogP) is 5.98. The number of ether oxygens (including phenoxy) is 3.